The number of benzene rings is 1. The minimum atomic E-state index is 0.0974. The summed E-state index contributed by atoms with van der Waals surface area (Å²) in [5.41, 5.74) is 9.52. The number of nitrogens with two attached hydrogens (primary N) is 1. The highest BCUT2D eigenvalue weighted by Crippen LogP contribution is 2.26. The first-order valence-corrected chi connectivity index (χ1v) is 7.17. The number of rotatable bonds is 6. The van der Waals surface area contributed by atoms with Crippen LogP contribution < -0.4 is 11.1 Å². The molecule has 1 aromatic carbocycles. The van der Waals surface area contributed by atoms with Crippen molar-refractivity contribution in [1.82, 2.24) is 0 Å². The van der Waals surface area contributed by atoms with Crippen molar-refractivity contribution < 1.29 is 4.79 Å². The van der Waals surface area contributed by atoms with Gasteiger partial charge in [0.15, 0.2) is 0 Å². The van der Waals surface area contributed by atoms with Crippen molar-refractivity contribution in [2.24, 2.45) is 5.92 Å². The molecule has 106 valence electrons. The molecule has 1 atom stereocenters. The summed E-state index contributed by atoms with van der Waals surface area (Å²) in [6.07, 6.45) is 4.06. The number of hydrogen-bond acceptors (Lipinski definition) is 2. The molecule has 0 aliphatic heterocycles. The van der Waals surface area contributed by atoms with Gasteiger partial charge in [0.25, 0.3) is 0 Å². The second-order valence-electron chi connectivity index (χ2n) is 5.21. The summed E-state index contributed by atoms with van der Waals surface area (Å²) in [7, 11) is 0. The van der Waals surface area contributed by atoms with E-state index >= 15 is 0 Å². The molecule has 0 heterocycles. The number of unbranched alkanes of at least 4 members (excludes halogenated alkanes) is 1. The van der Waals surface area contributed by atoms with Crippen molar-refractivity contribution in [3.05, 3.63) is 23.3 Å². The fourth-order valence-corrected chi connectivity index (χ4v) is 2.25. The number of anilines is 2. The van der Waals surface area contributed by atoms with Gasteiger partial charge in [-0.15, -0.1) is 0 Å². The van der Waals surface area contributed by atoms with E-state index in [2.05, 4.69) is 19.2 Å². The van der Waals surface area contributed by atoms with E-state index in [0.29, 0.717) is 0 Å². The molecule has 0 aromatic heterocycles. The third-order valence-corrected chi connectivity index (χ3v) is 3.73. The Bertz CT molecular complexity index is 441. The lowest BCUT2D eigenvalue weighted by Gasteiger charge is -2.18. The highest BCUT2D eigenvalue weighted by atomic mass is 16.1. The highest BCUT2D eigenvalue weighted by Gasteiger charge is 2.17. The number of carbonyl (C=O) groups is 1. The van der Waals surface area contributed by atoms with Crippen LogP contribution in [0.2, 0.25) is 0 Å². The Hall–Kier alpha value is -1.51. The molecule has 0 fully saturated rings. The lowest BCUT2D eigenvalue weighted by Crippen LogP contribution is -2.23. The molecule has 0 saturated heterocycles. The van der Waals surface area contributed by atoms with Crippen LogP contribution in [0.3, 0.4) is 0 Å². The quantitative estimate of drug-likeness (QED) is 0.760. The van der Waals surface area contributed by atoms with Crippen LogP contribution in [0.15, 0.2) is 12.1 Å². The summed E-state index contributed by atoms with van der Waals surface area (Å²) in [5, 5.41) is 3.06. The van der Waals surface area contributed by atoms with Gasteiger partial charge in [-0.2, -0.15) is 0 Å². The molecule has 0 spiro atoms. The number of aryl methyl sites for hydroxylation is 1. The molecule has 0 radical (unpaired) electrons. The lowest BCUT2D eigenvalue weighted by molar-refractivity contribution is -0.120. The molecule has 3 heteroatoms. The van der Waals surface area contributed by atoms with Gasteiger partial charge >= 0.3 is 0 Å². The summed E-state index contributed by atoms with van der Waals surface area (Å²) in [5.74, 6) is 0.216. The minimum Gasteiger partial charge on any atom is -0.398 e. The average Bonchev–Trinajstić information content (AvgIpc) is 2.40. The Balaban J connectivity index is 2.84. The SMILES string of the molecule is CCCCC(CC)C(=O)Nc1c(C)ccc(N)c1C. The van der Waals surface area contributed by atoms with Crippen molar-refractivity contribution in [2.45, 2.75) is 53.4 Å². The van der Waals surface area contributed by atoms with Crippen LogP contribution in [-0.4, -0.2) is 5.91 Å². The van der Waals surface area contributed by atoms with Crippen LogP contribution in [0.1, 0.15) is 50.7 Å². The predicted molar refractivity (Wildman–Crippen MR) is 82.3 cm³/mol. The first kappa shape index (κ1) is 15.5. The summed E-state index contributed by atoms with van der Waals surface area (Å²) in [4.78, 5) is 12.3. The molecule has 1 unspecified atom stereocenters. The van der Waals surface area contributed by atoms with Crippen LogP contribution in [0.5, 0.6) is 0 Å². The van der Waals surface area contributed by atoms with Crippen LogP contribution in [-0.2, 0) is 4.79 Å². The molecular weight excluding hydrogens is 236 g/mol. The molecule has 1 rings (SSSR count). The Morgan fingerprint density at radius 3 is 2.58 bits per heavy atom. The number of hydrogen-bond donors (Lipinski definition) is 2. The van der Waals surface area contributed by atoms with Crippen molar-refractivity contribution in [2.75, 3.05) is 11.1 Å². The Labute approximate surface area is 116 Å². The Morgan fingerprint density at radius 2 is 2.00 bits per heavy atom. The molecule has 0 bridgehead atoms. The van der Waals surface area contributed by atoms with Gasteiger partial charge in [0.05, 0.1) is 0 Å². The summed E-state index contributed by atoms with van der Waals surface area (Å²) < 4.78 is 0. The monoisotopic (exact) mass is 262 g/mol. The van der Waals surface area contributed by atoms with E-state index in [0.717, 1.165) is 48.2 Å². The fraction of sp³-hybridized carbons (Fsp3) is 0.562. The standard InChI is InChI=1S/C16H26N2O/c1-5-7-8-13(6-2)16(19)18-15-11(3)9-10-14(17)12(15)4/h9-10,13H,5-8,17H2,1-4H3,(H,18,19). The predicted octanol–water partition coefficient (Wildman–Crippen LogP) is 4.04. The first-order chi connectivity index (χ1) is 9.01. The van der Waals surface area contributed by atoms with E-state index in [1.165, 1.54) is 0 Å². The maximum atomic E-state index is 12.3. The number of nitrogens with one attached hydrogen (secondary N) is 1. The van der Waals surface area contributed by atoms with Gasteiger partial charge in [-0.3, -0.25) is 4.79 Å². The summed E-state index contributed by atoms with van der Waals surface area (Å²) in [6.45, 7) is 8.16. The van der Waals surface area contributed by atoms with E-state index in [1.807, 2.05) is 26.0 Å². The molecule has 1 amide bonds. The van der Waals surface area contributed by atoms with Crippen LogP contribution in [0.4, 0.5) is 11.4 Å². The first-order valence-electron chi connectivity index (χ1n) is 7.17. The van der Waals surface area contributed by atoms with Crippen molar-refractivity contribution in [3.63, 3.8) is 0 Å². The Kier molecular flexibility index (Phi) is 5.87. The third kappa shape index (κ3) is 3.98. The van der Waals surface area contributed by atoms with Gasteiger partial charge in [-0.1, -0.05) is 32.8 Å². The normalized spacial score (nSPS) is 12.2. The van der Waals surface area contributed by atoms with Crippen molar-refractivity contribution >= 4 is 17.3 Å². The van der Waals surface area contributed by atoms with E-state index in [9.17, 15) is 4.79 Å². The van der Waals surface area contributed by atoms with Gasteiger partial charge in [0.1, 0.15) is 0 Å². The van der Waals surface area contributed by atoms with E-state index in [4.69, 9.17) is 5.73 Å². The van der Waals surface area contributed by atoms with Gasteiger partial charge in [-0.05, 0) is 43.9 Å². The smallest absolute Gasteiger partial charge is 0.227 e. The number of nitrogen functional groups attached to an aromatic ring is 1. The minimum absolute atomic E-state index is 0.0974. The van der Waals surface area contributed by atoms with Crippen molar-refractivity contribution in [3.8, 4) is 0 Å². The van der Waals surface area contributed by atoms with Gasteiger partial charge < -0.3 is 11.1 Å². The zero-order valence-electron chi connectivity index (χ0n) is 12.5. The largest absolute Gasteiger partial charge is 0.398 e. The molecule has 3 N–H and O–H groups in total. The van der Waals surface area contributed by atoms with Crippen molar-refractivity contribution in [1.29, 1.82) is 0 Å². The molecule has 3 nitrogen and oxygen atoms in total. The second-order valence-corrected chi connectivity index (χ2v) is 5.21. The maximum absolute atomic E-state index is 12.3. The van der Waals surface area contributed by atoms with Crippen LogP contribution in [0, 0.1) is 19.8 Å². The van der Waals surface area contributed by atoms with Gasteiger partial charge in [-0.25, -0.2) is 0 Å². The topological polar surface area (TPSA) is 55.1 Å². The maximum Gasteiger partial charge on any atom is 0.227 e. The molecule has 0 aliphatic rings. The van der Waals surface area contributed by atoms with E-state index in [-0.39, 0.29) is 11.8 Å². The lowest BCUT2D eigenvalue weighted by atomic mass is 9.97. The molecule has 1 aromatic rings. The molecule has 0 aliphatic carbocycles. The van der Waals surface area contributed by atoms with Gasteiger partial charge in [0, 0.05) is 17.3 Å². The zero-order valence-corrected chi connectivity index (χ0v) is 12.5. The summed E-state index contributed by atoms with van der Waals surface area (Å²) in [6, 6.07) is 3.83. The highest BCUT2D eigenvalue weighted by molar-refractivity contribution is 5.94. The molecule has 19 heavy (non-hydrogen) atoms. The average molecular weight is 262 g/mol. The van der Waals surface area contributed by atoms with Crippen LogP contribution in [0.25, 0.3) is 0 Å². The number of carbonyl (C=O) groups excluding carboxylic acids is 1. The van der Waals surface area contributed by atoms with E-state index < -0.39 is 0 Å². The zero-order chi connectivity index (χ0) is 14.4. The van der Waals surface area contributed by atoms with Gasteiger partial charge in [0.2, 0.25) is 5.91 Å². The fourth-order valence-electron chi connectivity index (χ4n) is 2.25. The molecule has 0 saturated carbocycles. The van der Waals surface area contributed by atoms with Crippen LogP contribution >= 0.6 is 0 Å². The third-order valence-electron chi connectivity index (χ3n) is 3.73. The molecular formula is C16H26N2O. The number of amides is 1. The van der Waals surface area contributed by atoms with E-state index in [1.54, 1.807) is 0 Å². The summed E-state index contributed by atoms with van der Waals surface area (Å²) >= 11 is 0. The second kappa shape index (κ2) is 7.17. The Morgan fingerprint density at radius 1 is 1.32 bits per heavy atom.